The van der Waals surface area contributed by atoms with Gasteiger partial charge in [0.05, 0.1) is 22.7 Å². The Morgan fingerprint density at radius 2 is 1.97 bits per heavy atom. The largest absolute Gasteiger partial charge is 0.490 e. The van der Waals surface area contributed by atoms with Crippen LogP contribution in [-0.2, 0) is 4.79 Å². The zero-order valence-electron chi connectivity index (χ0n) is 18.7. The van der Waals surface area contributed by atoms with E-state index in [1.165, 1.54) is 12.8 Å². The normalized spacial score (nSPS) is 14.8. The number of carbonyl (C=O) groups is 1. The topological polar surface area (TPSA) is 105 Å². The van der Waals surface area contributed by atoms with Gasteiger partial charge in [-0.15, -0.1) is 5.10 Å². The number of ether oxygens (including phenoxy) is 2. The number of tetrazole rings is 1. The molecule has 180 valence electrons. The minimum absolute atomic E-state index is 0.0647. The molecule has 34 heavy (non-hydrogen) atoms. The van der Waals surface area contributed by atoms with E-state index in [0.29, 0.717) is 33.1 Å². The van der Waals surface area contributed by atoms with E-state index in [-0.39, 0.29) is 25.2 Å². The van der Waals surface area contributed by atoms with Gasteiger partial charge in [0.25, 0.3) is 0 Å². The lowest BCUT2D eigenvalue weighted by molar-refractivity contribution is -0.117. The Kier molecular flexibility index (Phi) is 8.21. The van der Waals surface area contributed by atoms with Crippen LogP contribution in [0.5, 0.6) is 11.5 Å². The van der Waals surface area contributed by atoms with Crippen LogP contribution in [0.1, 0.15) is 37.5 Å². The molecule has 1 amide bonds. The van der Waals surface area contributed by atoms with Crippen LogP contribution in [0.4, 0.5) is 5.69 Å². The lowest BCUT2D eigenvalue weighted by atomic mass is 10.2. The van der Waals surface area contributed by atoms with E-state index in [4.69, 9.17) is 32.7 Å². The van der Waals surface area contributed by atoms with E-state index in [9.17, 15) is 4.79 Å². The summed E-state index contributed by atoms with van der Waals surface area (Å²) in [7, 11) is 1.79. The number of halogens is 2. The predicted octanol–water partition coefficient (Wildman–Crippen LogP) is 4.52. The SMILES string of the molecule is CN(CC(=O)Nc1ccc(OC2CCCC2)c(Cl)c1)C(COc1ccccc1Cl)c1nnn[nH]1. The third kappa shape index (κ3) is 6.37. The van der Waals surface area contributed by atoms with E-state index in [0.717, 1.165) is 12.8 Å². The number of carbonyl (C=O) groups excluding carboxylic acids is 1. The molecule has 4 rings (SSSR count). The number of benzene rings is 2. The third-order valence-electron chi connectivity index (χ3n) is 5.65. The number of nitrogens with zero attached hydrogens (tertiary/aromatic N) is 4. The fraction of sp³-hybridized carbons (Fsp3) is 0.391. The predicted molar refractivity (Wildman–Crippen MR) is 129 cm³/mol. The number of aromatic amines is 1. The van der Waals surface area contributed by atoms with E-state index >= 15 is 0 Å². The standard InChI is InChI=1S/C23H26Cl2N6O3/c1-31(19(23-27-29-30-28-23)14-33-20-9-5-4-8-17(20)24)13-22(32)26-15-10-11-21(18(25)12-15)34-16-6-2-3-7-16/h4-5,8-12,16,19H,2-3,6-7,13-14H2,1H3,(H,26,32)(H,27,28,29,30). The van der Waals surface area contributed by atoms with Crippen molar-refractivity contribution in [2.75, 3.05) is 25.5 Å². The highest BCUT2D eigenvalue weighted by Crippen LogP contribution is 2.32. The fourth-order valence-electron chi connectivity index (χ4n) is 3.85. The zero-order chi connectivity index (χ0) is 23.9. The Labute approximate surface area is 207 Å². The van der Waals surface area contributed by atoms with Crippen LogP contribution in [0.2, 0.25) is 10.0 Å². The van der Waals surface area contributed by atoms with Crippen LogP contribution in [-0.4, -0.2) is 57.7 Å². The van der Waals surface area contributed by atoms with Crippen LogP contribution in [0.3, 0.4) is 0 Å². The third-order valence-corrected chi connectivity index (χ3v) is 6.25. The summed E-state index contributed by atoms with van der Waals surface area (Å²) in [6.45, 7) is 0.249. The summed E-state index contributed by atoms with van der Waals surface area (Å²) in [4.78, 5) is 14.5. The molecule has 0 bridgehead atoms. The summed E-state index contributed by atoms with van der Waals surface area (Å²) in [5.41, 5.74) is 0.590. The molecule has 1 atom stereocenters. The van der Waals surface area contributed by atoms with Crippen molar-refractivity contribution in [1.29, 1.82) is 0 Å². The highest BCUT2D eigenvalue weighted by molar-refractivity contribution is 6.32. The van der Waals surface area contributed by atoms with E-state index in [1.54, 1.807) is 42.3 Å². The van der Waals surface area contributed by atoms with Crippen molar-refractivity contribution in [3.63, 3.8) is 0 Å². The van der Waals surface area contributed by atoms with Gasteiger partial charge < -0.3 is 14.8 Å². The van der Waals surface area contributed by atoms with E-state index < -0.39 is 6.04 Å². The van der Waals surface area contributed by atoms with Crippen LogP contribution >= 0.6 is 23.2 Å². The van der Waals surface area contributed by atoms with Gasteiger partial charge in [-0.1, -0.05) is 35.3 Å². The summed E-state index contributed by atoms with van der Waals surface area (Å²) < 4.78 is 11.9. The monoisotopic (exact) mass is 504 g/mol. The van der Waals surface area contributed by atoms with Crippen molar-refractivity contribution in [1.82, 2.24) is 25.5 Å². The number of nitrogens with one attached hydrogen (secondary N) is 2. The second-order valence-electron chi connectivity index (χ2n) is 8.18. The first-order valence-electron chi connectivity index (χ1n) is 11.1. The summed E-state index contributed by atoms with van der Waals surface area (Å²) in [6.07, 6.45) is 4.66. The summed E-state index contributed by atoms with van der Waals surface area (Å²) in [5, 5.41) is 17.9. The Bertz CT molecular complexity index is 1090. The van der Waals surface area contributed by atoms with Crippen molar-refractivity contribution < 1.29 is 14.3 Å². The molecule has 2 N–H and O–H groups in total. The van der Waals surface area contributed by atoms with Crippen LogP contribution < -0.4 is 14.8 Å². The molecule has 0 aliphatic heterocycles. The molecule has 3 aromatic rings. The molecule has 0 saturated heterocycles. The average molecular weight is 505 g/mol. The van der Waals surface area contributed by atoms with Crippen LogP contribution in [0.25, 0.3) is 0 Å². The second kappa shape index (κ2) is 11.5. The van der Waals surface area contributed by atoms with Gasteiger partial charge >= 0.3 is 0 Å². The molecular formula is C23H26Cl2N6O3. The fourth-order valence-corrected chi connectivity index (χ4v) is 4.27. The number of rotatable bonds is 10. The lowest BCUT2D eigenvalue weighted by Crippen LogP contribution is -2.36. The van der Waals surface area contributed by atoms with Gasteiger partial charge in [-0.05, 0) is 73.5 Å². The molecule has 0 radical (unpaired) electrons. The molecule has 1 saturated carbocycles. The highest BCUT2D eigenvalue weighted by atomic mass is 35.5. The van der Waals surface area contributed by atoms with Crippen molar-refractivity contribution >= 4 is 34.8 Å². The molecule has 9 nitrogen and oxygen atoms in total. The number of aromatic nitrogens is 4. The summed E-state index contributed by atoms with van der Waals surface area (Å²) >= 11 is 12.6. The average Bonchev–Trinajstić information content (AvgIpc) is 3.51. The molecule has 0 spiro atoms. The Morgan fingerprint density at radius 3 is 2.68 bits per heavy atom. The number of hydrogen-bond donors (Lipinski definition) is 2. The molecular weight excluding hydrogens is 479 g/mol. The molecule has 1 aliphatic rings. The molecule has 1 fully saturated rings. The van der Waals surface area contributed by atoms with Gasteiger partial charge in [0.1, 0.15) is 24.1 Å². The van der Waals surface area contributed by atoms with Gasteiger partial charge in [0, 0.05) is 5.69 Å². The first-order chi connectivity index (χ1) is 16.5. The quantitative estimate of drug-likeness (QED) is 0.418. The Hall–Kier alpha value is -2.88. The van der Waals surface area contributed by atoms with E-state index in [2.05, 4.69) is 25.9 Å². The van der Waals surface area contributed by atoms with Crippen LogP contribution in [0.15, 0.2) is 42.5 Å². The Morgan fingerprint density at radius 1 is 1.18 bits per heavy atom. The molecule has 1 unspecified atom stereocenters. The molecule has 11 heteroatoms. The number of amides is 1. The molecule has 1 aliphatic carbocycles. The van der Waals surface area contributed by atoms with Gasteiger partial charge in [0.15, 0.2) is 5.82 Å². The highest BCUT2D eigenvalue weighted by Gasteiger charge is 2.24. The minimum Gasteiger partial charge on any atom is -0.490 e. The number of anilines is 1. The van der Waals surface area contributed by atoms with E-state index in [1.807, 2.05) is 12.1 Å². The van der Waals surface area contributed by atoms with Crippen LogP contribution in [0, 0.1) is 0 Å². The van der Waals surface area contributed by atoms with Crippen molar-refractivity contribution in [3.05, 3.63) is 58.3 Å². The first-order valence-corrected chi connectivity index (χ1v) is 11.8. The molecule has 2 aromatic carbocycles. The van der Waals surface area contributed by atoms with Crippen molar-refractivity contribution in [2.45, 2.75) is 37.8 Å². The maximum Gasteiger partial charge on any atom is 0.238 e. The summed E-state index contributed by atoms with van der Waals surface area (Å²) in [5.74, 6) is 1.42. The van der Waals surface area contributed by atoms with Crippen molar-refractivity contribution in [3.8, 4) is 11.5 Å². The number of hydrogen-bond acceptors (Lipinski definition) is 7. The Balaban J connectivity index is 1.36. The molecule has 1 heterocycles. The van der Waals surface area contributed by atoms with Gasteiger partial charge in [0.2, 0.25) is 5.91 Å². The van der Waals surface area contributed by atoms with Crippen molar-refractivity contribution in [2.24, 2.45) is 0 Å². The second-order valence-corrected chi connectivity index (χ2v) is 8.99. The lowest BCUT2D eigenvalue weighted by Gasteiger charge is -2.25. The number of H-pyrrole nitrogens is 1. The maximum atomic E-state index is 12.7. The van der Waals surface area contributed by atoms with Gasteiger partial charge in [-0.2, -0.15) is 0 Å². The summed E-state index contributed by atoms with van der Waals surface area (Å²) in [6, 6.07) is 12.0. The first kappa shape index (κ1) is 24.3. The van der Waals surface area contributed by atoms with Gasteiger partial charge in [-0.3, -0.25) is 9.69 Å². The minimum atomic E-state index is -0.414. The smallest absolute Gasteiger partial charge is 0.238 e. The van der Waals surface area contributed by atoms with Gasteiger partial charge in [-0.25, -0.2) is 5.10 Å². The molecule has 1 aromatic heterocycles. The maximum absolute atomic E-state index is 12.7. The number of likely N-dealkylation sites (N-methyl/N-ethyl adjacent to an activating group) is 1. The zero-order valence-corrected chi connectivity index (χ0v) is 20.2. The number of para-hydroxylation sites is 1.